The van der Waals surface area contributed by atoms with Crippen molar-refractivity contribution in [3.8, 4) is 22.9 Å². The fourth-order valence-electron chi connectivity index (χ4n) is 1.72. The van der Waals surface area contributed by atoms with Gasteiger partial charge in [0.15, 0.2) is 11.6 Å². The van der Waals surface area contributed by atoms with E-state index in [9.17, 15) is 9.18 Å². The summed E-state index contributed by atoms with van der Waals surface area (Å²) < 4.78 is 23.6. The number of nitrogens with two attached hydrogens (primary N) is 1. The number of hydrogen-bond acceptors (Lipinski definition) is 5. The lowest BCUT2D eigenvalue weighted by atomic mass is 10.1. The predicted molar refractivity (Wildman–Crippen MR) is 74.3 cm³/mol. The van der Waals surface area contributed by atoms with Gasteiger partial charge < -0.3 is 20.3 Å². The van der Waals surface area contributed by atoms with Gasteiger partial charge in [-0.3, -0.25) is 0 Å². The highest BCUT2D eigenvalue weighted by Gasteiger charge is 2.17. The molecule has 1 heterocycles. The number of aromatic nitrogens is 1. The third kappa shape index (κ3) is 3.14. The minimum absolute atomic E-state index is 0.0544. The number of carboxylic acid groups (broad SMARTS) is 1. The molecule has 3 N–H and O–H groups in total. The molecule has 110 valence electrons. The lowest BCUT2D eigenvalue weighted by molar-refractivity contribution is 0.142. The van der Waals surface area contributed by atoms with E-state index >= 15 is 0 Å². The molecule has 2 rings (SSSR count). The number of nitrogens with zero attached hydrogens (tertiary/aromatic N) is 1. The predicted octanol–water partition coefficient (Wildman–Crippen LogP) is 3.19. The first-order chi connectivity index (χ1) is 9.92. The van der Waals surface area contributed by atoms with E-state index in [1.54, 1.807) is 0 Å². The van der Waals surface area contributed by atoms with Gasteiger partial charge in [0.2, 0.25) is 5.88 Å². The van der Waals surface area contributed by atoms with Gasteiger partial charge in [0.05, 0.1) is 17.8 Å². The zero-order chi connectivity index (χ0) is 15.6. The quantitative estimate of drug-likeness (QED) is 0.845. The molecule has 0 amide bonds. The van der Waals surface area contributed by atoms with E-state index in [1.165, 1.54) is 31.4 Å². The van der Waals surface area contributed by atoms with Crippen LogP contribution >= 0.6 is 11.6 Å². The summed E-state index contributed by atoms with van der Waals surface area (Å²) in [5, 5.41) is 8.68. The molecule has 0 spiro atoms. The number of benzene rings is 1. The molecule has 0 atom stereocenters. The van der Waals surface area contributed by atoms with Gasteiger partial charge in [-0.15, -0.1) is 0 Å². The maximum atomic E-state index is 14.3. The molecular formula is C13H10ClFN2O4. The van der Waals surface area contributed by atoms with Crippen molar-refractivity contribution in [2.45, 2.75) is 0 Å². The van der Waals surface area contributed by atoms with Crippen molar-refractivity contribution in [2.75, 3.05) is 12.8 Å². The maximum absolute atomic E-state index is 14.3. The molecule has 0 radical (unpaired) electrons. The van der Waals surface area contributed by atoms with Crippen LogP contribution in [0.4, 0.5) is 14.9 Å². The summed E-state index contributed by atoms with van der Waals surface area (Å²) in [6.07, 6.45) is -1.55. The van der Waals surface area contributed by atoms with Crippen LogP contribution in [0.3, 0.4) is 0 Å². The summed E-state index contributed by atoms with van der Waals surface area (Å²) in [7, 11) is 1.28. The van der Waals surface area contributed by atoms with Crippen molar-refractivity contribution < 1.29 is 23.8 Å². The average molecular weight is 313 g/mol. The molecular weight excluding hydrogens is 303 g/mol. The Morgan fingerprint density at radius 3 is 2.76 bits per heavy atom. The Bertz CT molecular complexity index is 709. The van der Waals surface area contributed by atoms with E-state index in [2.05, 4.69) is 9.72 Å². The van der Waals surface area contributed by atoms with Gasteiger partial charge >= 0.3 is 6.16 Å². The fourth-order valence-corrected chi connectivity index (χ4v) is 1.95. The highest BCUT2D eigenvalue weighted by molar-refractivity contribution is 6.32. The molecule has 0 aliphatic carbocycles. The molecule has 0 bridgehead atoms. The van der Waals surface area contributed by atoms with E-state index in [1.807, 2.05) is 0 Å². The number of pyridine rings is 1. The van der Waals surface area contributed by atoms with Gasteiger partial charge in [-0.2, -0.15) is 0 Å². The third-order valence-corrected chi connectivity index (χ3v) is 2.84. The summed E-state index contributed by atoms with van der Waals surface area (Å²) in [5.74, 6) is -1.13. The van der Waals surface area contributed by atoms with E-state index < -0.39 is 12.0 Å². The van der Waals surface area contributed by atoms with Gasteiger partial charge in [0.25, 0.3) is 0 Å². The first kappa shape index (κ1) is 14.9. The Morgan fingerprint density at radius 1 is 1.43 bits per heavy atom. The van der Waals surface area contributed by atoms with E-state index in [0.29, 0.717) is 0 Å². The second-order valence-electron chi connectivity index (χ2n) is 3.93. The number of nitrogen functional groups attached to an aromatic ring is 1. The average Bonchev–Trinajstić information content (AvgIpc) is 2.37. The van der Waals surface area contributed by atoms with Gasteiger partial charge in [-0.05, 0) is 18.2 Å². The van der Waals surface area contributed by atoms with Crippen LogP contribution in [-0.2, 0) is 0 Å². The van der Waals surface area contributed by atoms with E-state index in [4.69, 9.17) is 27.2 Å². The second-order valence-corrected chi connectivity index (χ2v) is 4.34. The lowest BCUT2D eigenvalue weighted by Crippen LogP contribution is -2.06. The van der Waals surface area contributed by atoms with Crippen molar-refractivity contribution in [1.29, 1.82) is 0 Å². The number of carbonyl (C=O) groups is 1. The van der Waals surface area contributed by atoms with Crippen molar-refractivity contribution in [2.24, 2.45) is 0 Å². The Hall–Kier alpha value is -2.54. The summed E-state index contributed by atoms with van der Waals surface area (Å²) in [4.78, 5) is 14.4. The Balaban J connectivity index is 2.56. The van der Waals surface area contributed by atoms with Crippen molar-refractivity contribution in [3.63, 3.8) is 0 Å². The van der Waals surface area contributed by atoms with Crippen LogP contribution in [0.5, 0.6) is 11.6 Å². The molecule has 0 fully saturated rings. The second kappa shape index (κ2) is 5.84. The summed E-state index contributed by atoms with van der Waals surface area (Å²) >= 11 is 5.81. The fraction of sp³-hybridized carbons (Fsp3) is 0.0769. The molecule has 0 unspecified atom stereocenters. The lowest BCUT2D eigenvalue weighted by Gasteiger charge is -2.10. The van der Waals surface area contributed by atoms with Crippen LogP contribution in [0.15, 0.2) is 24.3 Å². The number of halogens is 2. The van der Waals surface area contributed by atoms with Crippen molar-refractivity contribution in [1.82, 2.24) is 4.98 Å². The summed E-state index contributed by atoms with van der Waals surface area (Å²) in [5.41, 5.74) is 5.95. The smallest absolute Gasteiger partial charge is 0.492 e. The van der Waals surface area contributed by atoms with Crippen LogP contribution in [0, 0.1) is 5.82 Å². The molecule has 0 saturated carbocycles. The molecule has 0 saturated heterocycles. The van der Waals surface area contributed by atoms with Crippen LogP contribution in [0.25, 0.3) is 11.3 Å². The van der Waals surface area contributed by atoms with Crippen LogP contribution in [0.1, 0.15) is 0 Å². The van der Waals surface area contributed by atoms with Crippen LogP contribution < -0.4 is 15.2 Å². The summed E-state index contributed by atoms with van der Waals surface area (Å²) in [6.45, 7) is 0. The van der Waals surface area contributed by atoms with Gasteiger partial charge in [0.1, 0.15) is 0 Å². The van der Waals surface area contributed by atoms with Gasteiger partial charge in [-0.25, -0.2) is 14.2 Å². The number of methoxy groups -OCH3 is 1. The number of anilines is 1. The molecule has 0 aliphatic heterocycles. The topological polar surface area (TPSA) is 94.7 Å². The van der Waals surface area contributed by atoms with Crippen LogP contribution in [-0.4, -0.2) is 23.4 Å². The molecule has 8 heteroatoms. The molecule has 6 nitrogen and oxygen atoms in total. The number of hydrogen-bond donors (Lipinski definition) is 2. The maximum Gasteiger partial charge on any atom is 0.512 e. The van der Waals surface area contributed by atoms with E-state index in [0.717, 1.165) is 0 Å². The first-order valence-corrected chi connectivity index (χ1v) is 6.01. The minimum Gasteiger partial charge on any atom is -0.492 e. The Morgan fingerprint density at radius 2 is 2.14 bits per heavy atom. The third-order valence-electron chi connectivity index (χ3n) is 2.55. The van der Waals surface area contributed by atoms with Gasteiger partial charge in [0, 0.05) is 17.3 Å². The largest absolute Gasteiger partial charge is 0.512 e. The summed E-state index contributed by atoms with van der Waals surface area (Å²) in [6, 6.07) is 5.40. The van der Waals surface area contributed by atoms with Crippen LogP contribution in [0.2, 0.25) is 5.02 Å². The molecule has 1 aromatic heterocycles. The monoisotopic (exact) mass is 312 g/mol. The van der Waals surface area contributed by atoms with Crippen molar-refractivity contribution in [3.05, 3.63) is 35.1 Å². The minimum atomic E-state index is -1.55. The number of ether oxygens (including phenoxy) is 2. The standard InChI is InChI=1S/C13H10ClFN2O4/c1-20-12-8(14)3-2-7(11(12)15)9-4-6(16)5-10(17-9)21-13(18)19/h2-5H,1H3,(H2,16,17)(H,18,19). The first-order valence-electron chi connectivity index (χ1n) is 5.63. The molecule has 21 heavy (non-hydrogen) atoms. The zero-order valence-corrected chi connectivity index (χ0v) is 11.5. The Labute approximate surface area is 123 Å². The Kier molecular flexibility index (Phi) is 4.13. The van der Waals surface area contributed by atoms with Crippen molar-refractivity contribution >= 4 is 23.4 Å². The SMILES string of the molecule is COc1c(Cl)ccc(-c2cc(N)cc(OC(=O)O)n2)c1F. The van der Waals surface area contributed by atoms with E-state index in [-0.39, 0.29) is 33.6 Å². The van der Waals surface area contributed by atoms with Gasteiger partial charge in [-0.1, -0.05) is 11.6 Å². The highest BCUT2D eigenvalue weighted by atomic mass is 35.5. The zero-order valence-electron chi connectivity index (χ0n) is 10.8. The highest BCUT2D eigenvalue weighted by Crippen LogP contribution is 2.35. The molecule has 2 aromatic rings. The normalized spacial score (nSPS) is 10.2. The number of rotatable bonds is 3. The molecule has 1 aromatic carbocycles. The molecule has 0 aliphatic rings.